The first-order valence-electron chi connectivity index (χ1n) is 16.6. The molecule has 2 aliphatic rings. The molecule has 4 heterocycles. The lowest BCUT2D eigenvalue weighted by molar-refractivity contribution is -0.0366. The number of nitrogens with zero attached hydrogens (tertiary/aromatic N) is 6. The Hall–Kier alpha value is -4.33. The van der Waals surface area contributed by atoms with Crippen molar-refractivity contribution in [1.29, 1.82) is 0 Å². The van der Waals surface area contributed by atoms with Gasteiger partial charge in [0.2, 0.25) is 11.8 Å². The fourth-order valence-electron chi connectivity index (χ4n) is 6.26. The number of pyridine rings is 2. The van der Waals surface area contributed by atoms with Crippen molar-refractivity contribution in [2.75, 3.05) is 10.6 Å². The summed E-state index contributed by atoms with van der Waals surface area (Å²) >= 11 is 0. The van der Waals surface area contributed by atoms with Gasteiger partial charge in [-0.15, -0.1) is 0 Å². The van der Waals surface area contributed by atoms with Gasteiger partial charge in [-0.2, -0.15) is 10.2 Å². The number of rotatable bonds is 8. The van der Waals surface area contributed by atoms with Crippen molar-refractivity contribution < 1.29 is 27.5 Å². The Kier molecular flexibility index (Phi) is 10.8. The zero-order valence-corrected chi connectivity index (χ0v) is 28.5. The van der Waals surface area contributed by atoms with Gasteiger partial charge in [0.15, 0.2) is 11.6 Å². The number of aliphatic hydroxyl groups is 1. The van der Waals surface area contributed by atoms with E-state index in [4.69, 9.17) is 0 Å². The number of hydrogen-bond donors (Lipinski definition) is 3. The molecule has 0 saturated heterocycles. The highest BCUT2D eigenvalue weighted by molar-refractivity contribution is 5.77. The molecule has 3 N–H and O–H groups in total. The van der Waals surface area contributed by atoms with Crippen LogP contribution in [0.4, 0.5) is 29.2 Å². The monoisotopic (exact) mass is 684 g/mol. The van der Waals surface area contributed by atoms with Crippen molar-refractivity contribution in [3.63, 3.8) is 0 Å². The smallest absolute Gasteiger partial charge is 0.248 e. The van der Waals surface area contributed by atoms with Crippen LogP contribution >= 0.6 is 0 Å². The lowest BCUT2D eigenvalue weighted by atomic mass is 9.92. The van der Waals surface area contributed by atoms with Crippen LogP contribution in [0.25, 0.3) is 11.6 Å². The first-order valence-corrected chi connectivity index (χ1v) is 16.6. The number of aliphatic hydroxyl groups excluding tert-OH is 1. The molecule has 4 aromatic rings. The van der Waals surface area contributed by atoms with Crippen LogP contribution in [0.5, 0.6) is 0 Å². The second kappa shape index (κ2) is 14.7. The minimum atomic E-state index is -2.56. The van der Waals surface area contributed by atoms with Crippen LogP contribution in [0, 0.1) is 27.7 Å². The molecule has 0 spiro atoms. The van der Waals surface area contributed by atoms with Gasteiger partial charge in [0.1, 0.15) is 17.9 Å². The number of aromatic nitrogens is 6. The van der Waals surface area contributed by atoms with Crippen LogP contribution in [0.3, 0.4) is 0 Å². The first-order chi connectivity index (χ1) is 23.1. The molecule has 1 unspecified atom stereocenters. The highest BCUT2D eigenvalue weighted by atomic mass is 19.3. The Bertz CT molecular complexity index is 1750. The average Bonchev–Trinajstić information content (AvgIpc) is 3.57. The van der Waals surface area contributed by atoms with Crippen molar-refractivity contribution in [3.05, 3.63) is 70.3 Å². The van der Waals surface area contributed by atoms with E-state index in [0.717, 1.165) is 29.1 Å². The molecular formula is C35H44F4N8O2. The molecule has 6 rings (SSSR count). The van der Waals surface area contributed by atoms with E-state index in [1.54, 1.807) is 40.6 Å². The zero-order chi connectivity index (χ0) is 35.5. The van der Waals surface area contributed by atoms with Crippen LogP contribution in [0.2, 0.25) is 0 Å². The molecule has 0 aromatic carbocycles. The second-order valence-corrected chi connectivity index (χ2v) is 13.3. The molecule has 10 nitrogen and oxygen atoms in total. The number of alkyl halides is 4. The van der Waals surface area contributed by atoms with E-state index in [2.05, 4.69) is 30.8 Å². The van der Waals surface area contributed by atoms with Gasteiger partial charge in [-0.3, -0.25) is 4.79 Å². The van der Waals surface area contributed by atoms with Gasteiger partial charge in [-0.25, -0.2) is 36.9 Å². The molecule has 2 fully saturated rings. The average molecular weight is 685 g/mol. The van der Waals surface area contributed by atoms with Gasteiger partial charge in [0.05, 0.1) is 17.5 Å². The van der Waals surface area contributed by atoms with Gasteiger partial charge >= 0.3 is 0 Å². The summed E-state index contributed by atoms with van der Waals surface area (Å²) in [6, 6.07) is 10.6. The molecule has 0 bridgehead atoms. The zero-order valence-electron chi connectivity index (χ0n) is 28.5. The third kappa shape index (κ3) is 9.43. The van der Waals surface area contributed by atoms with Crippen LogP contribution in [0.15, 0.2) is 36.4 Å². The van der Waals surface area contributed by atoms with Gasteiger partial charge in [0, 0.05) is 54.7 Å². The minimum absolute atomic E-state index is 0.0373. The van der Waals surface area contributed by atoms with E-state index in [-0.39, 0.29) is 37.8 Å². The van der Waals surface area contributed by atoms with Crippen molar-refractivity contribution in [1.82, 2.24) is 29.5 Å². The number of anilines is 2. The third-order valence-corrected chi connectivity index (χ3v) is 8.88. The van der Waals surface area contributed by atoms with Crippen LogP contribution in [-0.2, 0) is 0 Å². The van der Waals surface area contributed by atoms with E-state index in [0.29, 0.717) is 60.1 Å². The summed E-state index contributed by atoms with van der Waals surface area (Å²) in [5.41, 5.74) is 4.76. The van der Waals surface area contributed by atoms with Gasteiger partial charge < -0.3 is 15.7 Å². The second-order valence-electron chi connectivity index (χ2n) is 13.3. The van der Waals surface area contributed by atoms with Crippen molar-refractivity contribution >= 4 is 17.9 Å². The molecule has 0 amide bonds. The number of halogens is 4. The fraction of sp³-hybridized carbons (Fsp3) is 0.514. The Morgan fingerprint density at radius 3 is 1.55 bits per heavy atom. The SMILES string of the molecule is Cc1cc(C)n(-c2cc(C(C)O)cc(NC3CCC(F)(F)CC3)n2)n1.Cc1cc(C)n(-c2cc(C=O)cc(NC3CCC(F)(F)CC3)n2)n1. The number of carbonyl (C=O) groups is 1. The summed E-state index contributed by atoms with van der Waals surface area (Å²) in [4.78, 5) is 20.3. The number of hydrogen-bond acceptors (Lipinski definition) is 8. The number of nitrogens with one attached hydrogen (secondary N) is 2. The number of aldehydes is 1. The molecule has 4 aromatic heterocycles. The largest absolute Gasteiger partial charge is 0.389 e. The fourth-order valence-corrected chi connectivity index (χ4v) is 6.26. The Morgan fingerprint density at radius 2 is 1.16 bits per heavy atom. The van der Waals surface area contributed by atoms with Crippen LogP contribution < -0.4 is 10.6 Å². The van der Waals surface area contributed by atoms with Gasteiger partial charge in [-0.1, -0.05) is 0 Å². The van der Waals surface area contributed by atoms with Crippen molar-refractivity contribution in [2.45, 2.75) is 116 Å². The predicted molar refractivity (Wildman–Crippen MR) is 179 cm³/mol. The molecule has 49 heavy (non-hydrogen) atoms. The van der Waals surface area contributed by atoms with E-state index >= 15 is 0 Å². The highest BCUT2D eigenvalue weighted by Crippen LogP contribution is 2.35. The quantitative estimate of drug-likeness (QED) is 0.128. The number of carbonyl (C=O) groups excluding carboxylic acids is 1. The molecular weight excluding hydrogens is 640 g/mol. The molecule has 2 aliphatic carbocycles. The Morgan fingerprint density at radius 1 is 0.735 bits per heavy atom. The topological polar surface area (TPSA) is 123 Å². The standard InChI is InChI=1S/C18H24F2N4O.C17H20F2N4O/c1-11-8-12(2)24(23-11)17-10-14(13(3)25)9-16(22-17)21-15-4-6-18(19,20)7-5-15;1-11-7-12(2)23(22-11)16-9-13(10-24)8-15(21-16)20-14-3-5-17(18,19)6-4-14/h8-10,13,15,25H,4-7H2,1-3H3,(H,21,22);7-10,14H,3-6H2,1-2H3,(H,20,21). The summed E-state index contributed by atoms with van der Waals surface area (Å²) in [5, 5.41) is 25.2. The summed E-state index contributed by atoms with van der Waals surface area (Å²) in [5.74, 6) is -2.89. The van der Waals surface area contributed by atoms with E-state index in [9.17, 15) is 27.5 Å². The van der Waals surface area contributed by atoms with Crippen molar-refractivity contribution in [2.24, 2.45) is 0 Å². The van der Waals surface area contributed by atoms with Gasteiger partial charge in [-0.05, 0) is 102 Å². The molecule has 1 atom stereocenters. The third-order valence-electron chi connectivity index (χ3n) is 8.88. The lowest BCUT2D eigenvalue weighted by Gasteiger charge is -2.29. The number of aryl methyl sites for hydroxylation is 4. The van der Waals surface area contributed by atoms with Crippen LogP contribution in [0.1, 0.15) is 103 Å². The van der Waals surface area contributed by atoms with Crippen molar-refractivity contribution in [3.8, 4) is 11.6 Å². The molecule has 264 valence electrons. The van der Waals surface area contributed by atoms with E-state index < -0.39 is 17.9 Å². The molecule has 14 heteroatoms. The lowest BCUT2D eigenvalue weighted by Crippen LogP contribution is -2.32. The normalized spacial score (nSPS) is 18.3. The highest BCUT2D eigenvalue weighted by Gasteiger charge is 2.36. The maximum absolute atomic E-state index is 13.3. The Labute approximate surface area is 283 Å². The Balaban J connectivity index is 0.000000191. The maximum Gasteiger partial charge on any atom is 0.248 e. The minimum Gasteiger partial charge on any atom is -0.389 e. The molecule has 0 aliphatic heterocycles. The van der Waals surface area contributed by atoms with E-state index in [1.807, 2.05) is 39.8 Å². The van der Waals surface area contributed by atoms with E-state index in [1.165, 1.54) is 0 Å². The summed E-state index contributed by atoms with van der Waals surface area (Å²) < 4.78 is 56.6. The molecule has 0 radical (unpaired) electrons. The summed E-state index contributed by atoms with van der Waals surface area (Å²) in [6.45, 7) is 9.32. The first kappa shape index (κ1) is 36.0. The van der Waals surface area contributed by atoms with Crippen LogP contribution in [-0.4, -0.2) is 64.9 Å². The van der Waals surface area contributed by atoms with Gasteiger partial charge in [0.25, 0.3) is 0 Å². The molecule has 2 saturated carbocycles. The summed E-state index contributed by atoms with van der Waals surface area (Å²) in [6.07, 6.45) is 1.21. The maximum atomic E-state index is 13.3. The predicted octanol–water partition coefficient (Wildman–Crippen LogP) is 7.61. The summed E-state index contributed by atoms with van der Waals surface area (Å²) in [7, 11) is 0.